The van der Waals surface area contributed by atoms with Crippen LogP contribution in [0.4, 0.5) is 0 Å². The van der Waals surface area contributed by atoms with Crippen molar-refractivity contribution in [3.05, 3.63) is 0 Å². The van der Waals surface area contributed by atoms with Crippen LogP contribution < -0.4 is 0 Å². The Balaban J connectivity index is 0. The summed E-state index contributed by atoms with van der Waals surface area (Å²) in [6, 6.07) is 0. The molecule has 0 atom stereocenters. The van der Waals surface area contributed by atoms with Gasteiger partial charge in [-0.1, -0.05) is 0 Å². The van der Waals surface area contributed by atoms with Gasteiger partial charge in [0.2, 0.25) is 0 Å². The van der Waals surface area contributed by atoms with Crippen molar-refractivity contribution >= 4 is 45.0 Å². The normalized spacial score (nSPS) is 7.14. The molecule has 0 aromatic carbocycles. The molecule has 0 spiro atoms. The first-order valence-corrected chi connectivity index (χ1v) is 2.04. The van der Waals surface area contributed by atoms with Crippen LogP contribution in [0.3, 0.4) is 0 Å². The van der Waals surface area contributed by atoms with E-state index >= 15 is 0 Å². The fourth-order valence-electron chi connectivity index (χ4n) is 0.0956. The monoisotopic (exact) mass is 314 g/mol. The zero-order valence-electron chi connectivity index (χ0n) is 3.72. The van der Waals surface area contributed by atoms with Crippen molar-refractivity contribution in [1.29, 1.82) is 0 Å². The van der Waals surface area contributed by atoms with E-state index < -0.39 is 0 Å². The van der Waals surface area contributed by atoms with Gasteiger partial charge in [0.05, 0.1) is 6.61 Å². The molecular weight excluding hydrogens is 307 g/mol. The van der Waals surface area contributed by atoms with Gasteiger partial charge in [0, 0.05) is 33.7 Å². The van der Waals surface area contributed by atoms with E-state index in [0.717, 1.165) is 0 Å². The maximum absolute atomic E-state index is 9.75. The number of carbonyl (C=O) groups excluding carboxylic acids is 1. The van der Waals surface area contributed by atoms with Crippen molar-refractivity contribution < 1.29 is 9.90 Å². The number of carbonyl (C=O) groups is 1. The molecule has 0 aliphatic carbocycles. The van der Waals surface area contributed by atoms with Gasteiger partial charge in [0.15, 0.2) is 5.12 Å². The standard InChI is InChI=1S/C3H6O2S.Pb/c4-2-1-3(5)6;/h4H,1-2H2,(H,5,6);. The summed E-state index contributed by atoms with van der Waals surface area (Å²) in [5, 5.41) is 7.70. The third-order valence-corrected chi connectivity index (χ3v) is 0.549. The second-order valence-corrected chi connectivity index (χ2v) is 1.37. The minimum absolute atomic E-state index is 0. The van der Waals surface area contributed by atoms with E-state index in [1.165, 1.54) is 0 Å². The van der Waals surface area contributed by atoms with Crippen LogP contribution in [0.2, 0.25) is 0 Å². The van der Waals surface area contributed by atoms with E-state index in [9.17, 15) is 4.79 Å². The van der Waals surface area contributed by atoms with Gasteiger partial charge in [-0.2, -0.15) is 0 Å². The van der Waals surface area contributed by atoms with Crippen LogP contribution in [0.5, 0.6) is 0 Å². The van der Waals surface area contributed by atoms with Gasteiger partial charge in [-0.25, -0.2) is 0 Å². The summed E-state index contributed by atoms with van der Waals surface area (Å²) < 4.78 is 0. The Morgan fingerprint density at radius 1 is 1.71 bits per heavy atom. The van der Waals surface area contributed by atoms with Gasteiger partial charge in [-0.15, -0.1) is 12.6 Å². The van der Waals surface area contributed by atoms with Crippen molar-refractivity contribution in [2.45, 2.75) is 6.42 Å². The van der Waals surface area contributed by atoms with Gasteiger partial charge in [-0.05, 0) is 0 Å². The minimum atomic E-state index is -0.266. The zero-order chi connectivity index (χ0) is 4.99. The number of aliphatic hydroxyl groups is 1. The number of rotatable bonds is 2. The van der Waals surface area contributed by atoms with Gasteiger partial charge in [0.1, 0.15) is 0 Å². The smallest absolute Gasteiger partial charge is 0.188 e. The Hall–Kier alpha value is 0.902. The number of thiol groups is 1. The summed E-state index contributed by atoms with van der Waals surface area (Å²) in [6.45, 7) is -0.0949. The Labute approximate surface area is 67.9 Å². The molecular formula is C3H6O2PbS. The van der Waals surface area contributed by atoms with Gasteiger partial charge in [0.25, 0.3) is 0 Å². The van der Waals surface area contributed by atoms with Crippen LogP contribution >= 0.6 is 12.6 Å². The number of aliphatic hydroxyl groups excluding tert-OH is 1. The molecule has 40 valence electrons. The molecule has 0 heterocycles. The van der Waals surface area contributed by atoms with Crippen molar-refractivity contribution in [2.24, 2.45) is 0 Å². The van der Waals surface area contributed by atoms with E-state index in [1.807, 2.05) is 0 Å². The molecule has 1 N–H and O–H groups in total. The minimum Gasteiger partial charge on any atom is -0.396 e. The first-order chi connectivity index (χ1) is 2.77. The summed E-state index contributed by atoms with van der Waals surface area (Å²) in [7, 11) is 0. The van der Waals surface area contributed by atoms with E-state index in [-0.39, 0.29) is 45.4 Å². The fourth-order valence-corrected chi connectivity index (χ4v) is 0.196. The topological polar surface area (TPSA) is 37.3 Å². The Morgan fingerprint density at radius 2 is 2.14 bits per heavy atom. The zero-order valence-corrected chi connectivity index (χ0v) is 8.50. The molecule has 0 aromatic heterocycles. The summed E-state index contributed by atoms with van der Waals surface area (Å²) in [4.78, 5) is 9.75. The van der Waals surface area contributed by atoms with Crippen LogP contribution in [-0.4, -0.2) is 44.1 Å². The summed E-state index contributed by atoms with van der Waals surface area (Å²) in [5.74, 6) is 0. The van der Waals surface area contributed by atoms with Crippen LogP contribution in [0.1, 0.15) is 6.42 Å². The van der Waals surface area contributed by atoms with Crippen LogP contribution in [0, 0.1) is 0 Å². The molecule has 4 heteroatoms. The second kappa shape index (κ2) is 6.90. The fraction of sp³-hybridized carbons (Fsp3) is 0.667. The molecule has 0 aliphatic heterocycles. The number of hydrogen-bond acceptors (Lipinski definition) is 2. The third-order valence-electron chi connectivity index (χ3n) is 0.326. The predicted molar refractivity (Wildman–Crippen MR) is 31.4 cm³/mol. The van der Waals surface area contributed by atoms with Gasteiger partial charge >= 0.3 is 0 Å². The number of hydrogen-bond donors (Lipinski definition) is 2. The molecule has 0 saturated heterocycles. The molecule has 0 aromatic rings. The Kier molecular flexibility index (Phi) is 10.7. The summed E-state index contributed by atoms with van der Waals surface area (Å²) >= 11 is 3.38. The Bertz CT molecular complexity index is 56.9. The summed E-state index contributed by atoms with van der Waals surface area (Å²) in [6.07, 6.45) is 0.156. The molecule has 0 aliphatic rings. The molecule has 0 saturated carbocycles. The predicted octanol–water partition coefficient (Wildman–Crippen LogP) is -0.556. The largest absolute Gasteiger partial charge is 0.396 e. The van der Waals surface area contributed by atoms with Gasteiger partial charge in [-0.3, -0.25) is 4.79 Å². The van der Waals surface area contributed by atoms with E-state index in [4.69, 9.17) is 5.11 Å². The first kappa shape index (κ1) is 10.8. The quantitative estimate of drug-likeness (QED) is 0.530. The molecule has 0 amide bonds. The van der Waals surface area contributed by atoms with Gasteiger partial charge < -0.3 is 5.11 Å². The third kappa shape index (κ3) is 10.9. The van der Waals surface area contributed by atoms with Crippen molar-refractivity contribution in [1.82, 2.24) is 0 Å². The second-order valence-electron chi connectivity index (χ2n) is 0.867. The van der Waals surface area contributed by atoms with E-state index in [0.29, 0.717) is 0 Å². The van der Waals surface area contributed by atoms with E-state index in [2.05, 4.69) is 12.6 Å². The molecule has 0 bridgehead atoms. The first-order valence-electron chi connectivity index (χ1n) is 1.60. The van der Waals surface area contributed by atoms with Crippen LogP contribution in [0.15, 0.2) is 0 Å². The molecule has 0 rings (SSSR count). The maximum atomic E-state index is 9.75. The molecule has 4 radical (unpaired) electrons. The SMILES string of the molecule is O=C(S)CCO.[Pb]. The average Bonchev–Trinajstić information content (AvgIpc) is 1.35. The molecule has 7 heavy (non-hydrogen) atoms. The molecule has 0 unspecified atom stereocenters. The molecule has 0 fully saturated rings. The van der Waals surface area contributed by atoms with Crippen molar-refractivity contribution in [3.63, 3.8) is 0 Å². The Morgan fingerprint density at radius 3 is 2.14 bits per heavy atom. The maximum Gasteiger partial charge on any atom is 0.188 e. The van der Waals surface area contributed by atoms with Crippen LogP contribution in [0.25, 0.3) is 0 Å². The average molecular weight is 313 g/mol. The van der Waals surface area contributed by atoms with Crippen LogP contribution in [-0.2, 0) is 4.79 Å². The van der Waals surface area contributed by atoms with Crippen molar-refractivity contribution in [3.8, 4) is 0 Å². The van der Waals surface area contributed by atoms with Crippen molar-refractivity contribution in [2.75, 3.05) is 6.61 Å². The summed E-state index contributed by atoms with van der Waals surface area (Å²) in [5.41, 5.74) is 0. The molecule has 2 nitrogen and oxygen atoms in total. The van der Waals surface area contributed by atoms with E-state index in [1.54, 1.807) is 0 Å².